The molecule has 5 heteroatoms. The van der Waals surface area contributed by atoms with Gasteiger partial charge in [0.25, 0.3) is 5.91 Å². The number of carbonyl (C=O) groups is 1. The predicted molar refractivity (Wildman–Crippen MR) is 105 cm³/mol. The maximum absolute atomic E-state index is 12.1. The molecule has 1 aliphatic heterocycles. The molecule has 26 heavy (non-hydrogen) atoms. The van der Waals surface area contributed by atoms with Crippen molar-refractivity contribution < 1.29 is 9.53 Å². The largest absolute Gasteiger partial charge is 0.497 e. The minimum atomic E-state index is 0.0000153. The first kappa shape index (κ1) is 18.3. The van der Waals surface area contributed by atoms with Gasteiger partial charge in [-0.1, -0.05) is 23.8 Å². The molecule has 0 bridgehead atoms. The number of anilines is 1. The van der Waals surface area contributed by atoms with Gasteiger partial charge < -0.3 is 15.0 Å². The highest BCUT2D eigenvalue weighted by atomic mass is 16.5. The first-order valence-corrected chi connectivity index (χ1v) is 9.12. The van der Waals surface area contributed by atoms with E-state index in [1.807, 2.05) is 43.3 Å². The summed E-state index contributed by atoms with van der Waals surface area (Å²) in [6, 6.07) is 15.9. The van der Waals surface area contributed by atoms with Crippen LogP contribution in [0, 0.1) is 6.92 Å². The zero-order valence-electron chi connectivity index (χ0n) is 15.6. The van der Waals surface area contributed by atoms with Gasteiger partial charge in [-0.05, 0) is 31.2 Å². The van der Waals surface area contributed by atoms with E-state index in [0.717, 1.165) is 49.6 Å². The fourth-order valence-electron chi connectivity index (χ4n) is 3.17. The number of methoxy groups -OCH3 is 1. The second kappa shape index (κ2) is 8.72. The third kappa shape index (κ3) is 4.76. The number of rotatable bonds is 6. The normalized spacial score (nSPS) is 14.9. The zero-order chi connectivity index (χ0) is 18.4. The van der Waals surface area contributed by atoms with Crippen molar-refractivity contribution in [1.29, 1.82) is 0 Å². The predicted octanol–water partition coefficient (Wildman–Crippen LogP) is 2.56. The molecule has 2 aromatic carbocycles. The molecule has 2 aromatic rings. The minimum Gasteiger partial charge on any atom is -0.497 e. The Bertz CT molecular complexity index is 722. The number of piperazine rings is 1. The van der Waals surface area contributed by atoms with Crippen molar-refractivity contribution in [2.45, 2.75) is 6.92 Å². The lowest BCUT2D eigenvalue weighted by Crippen LogP contribution is -2.48. The van der Waals surface area contributed by atoms with Gasteiger partial charge in [-0.2, -0.15) is 0 Å². The number of hydrogen-bond acceptors (Lipinski definition) is 4. The molecule has 0 radical (unpaired) electrons. The third-order valence-electron chi connectivity index (χ3n) is 4.82. The number of amides is 1. The third-order valence-corrected chi connectivity index (χ3v) is 4.82. The maximum Gasteiger partial charge on any atom is 0.251 e. The van der Waals surface area contributed by atoms with Crippen molar-refractivity contribution in [3.8, 4) is 5.75 Å². The lowest BCUT2D eigenvalue weighted by molar-refractivity contribution is 0.0948. The SMILES string of the molecule is COc1cccc(N2CCN(CCNC(=O)c3ccc(C)cc3)CC2)c1. The van der Waals surface area contributed by atoms with Gasteiger partial charge in [0.1, 0.15) is 5.75 Å². The molecule has 0 aromatic heterocycles. The van der Waals surface area contributed by atoms with Crippen LogP contribution < -0.4 is 15.0 Å². The molecule has 1 N–H and O–H groups in total. The van der Waals surface area contributed by atoms with E-state index < -0.39 is 0 Å². The Balaban J connectivity index is 1.41. The number of benzene rings is 2. The van der Waals surface area contributed by atoms with Gasteiger partial charge in [0.2, 0.25) is 0 Å². The Hall–Kier alpha value is -2.53. The summed E-state index contributed by atoms with van der Waals surface area (Å²) >= 11 is 0. The minimum absolute atomic E-state index is 0.0000153. The standard InChI is InChI=1S/C21H27N3O2/c1-17-6-8-18(9-7-17)21(25)22-10-11-23-12-14-24(15-13-23)19-4-3-5-20(16-19)26-2/h3-9,16H,10-15H2,1-2H3,(H,22,25). The summed E-state index contributed by atoms with van der Waals surface area (Å²) in [4.78, 5) is 16.9. The molecule has 1 amide bonds. The lowest BCUT2D eigenvalue weighted by Gasteiger charge is -2.36. The van der Waals surface area contributed by atoms with Crippen molar-refractivity contribution in [2.75, 3.05) is 51.3 Å². The summed E-state index contributed by atoms with van der Waals surface area (Å²) in [6.45, 7) is 7.54. The zero-order valence-corrected chi connectivity index (χ0v) is 15.6. The van der Waals surface area contributed by atoms with Gasteiger partial charge in [-0.3, -0.25) is 9.69 Å². The maximum atomic E-state index is 12.1. The molecule has 0 aliphatic carbocycles. The fraction of sp³-hybridized carbons (Fsp3) is 0.381. The molecule has 0 saturated carbocycles. The van der Waals surface area contributed by atoms with Crippen LogP contribution in [-0.4, -0.2) is 57.2 Å². The van der Waals surface area contributed by atoms with Crippen LogP contribution in [0.3, 0.4) is 0 Å². The second-order valence-corrected chi connectivity index (χ2v) is 6.65. The van der Waals surface area contributed by atoms with Crippen molar-refractivity contribution in [1.82, 2.24) is 10.2 Å². The van der Waals surface area contributed by atoms with Crippen LogP contribution in [0.2, 0.25) is 0 Å². The highest BCUT2D eigenvalue weighted by molar-refractivity contribution is 5.94. The topological polar surface area (TPSA) is 44.8 Å². The van der Waals surface area contributed by atoms with E-state index in [9.17, 15) is 4.79 Å². The van der Waals surface area contributed by atoms with Crippen molar-refractivity contribution in [3.05, 3.63) is 59.7 Å². The fourth-order valence-corrected chi connectivity index (χ4v) is 3.17. The van der Waals surface area contributed by atoms with Gasteiger partial charge >= 0.3 is 0 Å². The molecule has 5 nitrogen and oxygen atoms in total. The summed E-state index contributed by atoms with van der Waals surface area (Å²) in [5, 5.41) is 3.01. The molecule has 3 rings (SSSR count). The van der Waals surface area contributed by atoms with Crippen LogP contribution in [0.4, 0.5) is 5.69 Å². The first-order valence-electron chi connectivity index (χ1n) is 9.12. The van der Waals surface area contributed by atoms with Crippen LogP contribution in [0.15, 0.2) is 48.5 Å². The average Bonchev–Trinajstić information content (AvgIpc) is 2.69. The molecule has 0 atom stereocenters. The average molecular weight is 353 g/mol. The molecular weight excluding hydrogens is 326 g/mol. The Morgan fingerprint density at radius 2 is 1.81 bits per heavy atom. The molecule has 138 valence electrons. The Morgan fingerprint density at radius 1 is 1.08 bits per heavy atom. The first-order chi connectivity index (χ1) is 12.7. The highest BCUT2D eigenvalue weighted by Gasteiger charge is 2.17. The summed E-state index contributed by atoms with van der Waals surface area (Å²) in [6.07, 6.45) is 0. The molecule has 1 fully saturated rings. The Labute approximate surface area is 155 Å². The van der Waals surface area contributed by atoms with Crippen LogP contribution in [0.25, 0.3) is 0 Å². The Morgan fingerprint density at radius 3 is 2.50 bits per heavy atom. The number of nitrogens with one attached hydrogen (secondary N) is 1. The van der Waals surface area contributed by atoms with Gasteiger partial charge in [0.15, 0.2) is 0 Å². The smallest absolute Gasteiger partial charge is 0.251 e. The quantitative estimate of drug-likeness (QED) is 0.867. The van der Waals surface area contributed by atoms with Crippen molar-refractivity contribution in [2.24, 2.45) is 0 Å². The summed E-state index contributed by atoms with van der Waals surface area (Å²) in [5.74, 6) is 0.892. The summed E-state index contributed by atoms with van der Waals surface area (Å²) in [7, 11) is 1.70. The van der Waals surface area contributed by atoms with E-state index in [-0.39, 0.29) is 5.91 Å². The number of ether oxygens (including phenoxy) is 1. The number of nitrogens with zero attached hydrogens (tertiary/aromatic N) is 2. The van der Waals surface area contributed by atoms with Gasteiger partial charge in [0, 0.05) is 56.6 Å². The van der Waals surface area contributed by atoms with E-state index in [1.54, 1.807) is 7.11 Å². The summed E-state index contributed by atoms with van der Waals surface area (Å²) < 4.78 is 5.31. The summed E-state index contributed by atoms with van der Waals surface area (Å²) in [5.41, 5.74) is 3.09. The van der Waals surface area contributed by atoms with Crippen LogP contribution in [-0.2, 0) is 0 Å². The molecule has 1 aliphatic rings. The second-order valence-electron chi connectivity index (χ2n) is 6.65. The van der Waals surface area contributed by atoms with E-state index >= 15 is 0 Å². The Kier molecular flexibility index (Phi) is 6.12. The van der Waals surface area contributed by atoms with E-state index in [0.29, 0.717) is 6.54 Å². The van der Waals surface area contributed by atoms with Crippen molar-refractivity contribution >= 4 is 11.6 Å². The molecule has 1 heterocycles. The van der Waals surface area contributed by atoms with E-state index in [2.05, 4.69) is 27.2 Å². The van der Waals surface area contributed by atoms with Crippen LogP contribution in [0.1, 0.15) is 15.9 Å². The van der Waals surface area contributed by atoms with Crippen LogP contribution >= 0.6 is 0 Å². The molecule has 0 unspecified atom stereocenters. The van der Waals surface area contributed by atoms with E-state index in [4.69, 9.17) is 4.74 Å². The van der Waals surface area contributed by atoms with Gasteiger partial charge in [-0.15, -0.1) is 0 Å². The molecule has 1 saturated heterocycles. The van der Waals surface area contributed by atoms with E-state index in [1.165, 1.54) is 5.69 Å². The monoisotopic (exact) mass is 353 g/mol. The molecular formula is C21H27N3O2. The molecule has 0 spiro atoms. The lowest BCUT2D eigenvalue weighted by atomic mass is 10.1. The number of aryl methyl sites for hydroxylation is 1. The van der Waals surface area contributed by atoms with Crippen molar-refractivity contribution in [3.63, 3.8) is 0 Å². The number of carbonyl (C=O) groups excluding carboxylic acids is 1. The number of hydrogen-bond donors (Lipinski definition) is 1. The van der Waals surface area contributed by atoms with Gasteiger partial charge in [-0.25, -0.2) is 0 Å². The highest BCUT2D eigenvalue weighted by Crippen LogP contribution is 2.21. The van der Waals surface area contributed by atoms with Gasteiger partial charge in [0.05, 0.1) is 7.11 Å². The van der Waals surface area contributed by atoms with Crippen LogP contribution in [0.5, 0.6) is 5.75 Å².